The number of hydrogen-bond donors (Lipinski definition) is 3. The summed E-state index contributed by atoms with van der Waals surface area (Å²) in [4.78, 5) is 12.2. The molecule has 144 valence electrons. The summed E-state index contributed by atoms with van der Waals surface area (Å²) in [5, 5.41) is 31.6. The number of rotatable bonds is 2. The minimum absolute atomic E-state index is 0.0122. The van der Waals surface area contributed by atoms with E-state index in [0.29, 0.717) is 25.0 Å². The van der Waals surface area contributed by atoms with Gasteiger partial charge in [0.15, 0.2) is 6.10 Å². The van der Waals surface area contributed by atoms with E-state index in [9.17, 15) is 20.1 Å². The SMILES string of the molecule is C=C1C(O)CC2C3C(CC4OC(=O)C(O)C1C42)C(C)=CC(O)C3OCC. The molecular weight excluding hydrogens is 336 g/mol. The van der Waals surface area contributed by atoms with Crippen LogP contribution in [0, 0.1) is 29.6 Å². The van der Waals surface area contributed by atoms with E-state index in [1.165, 1.54) is 0 Å². The Balaban J connectivity index is 1.78. The molecule has 6 heteroatoms. The predicted octanol–water partition coefficient (Wildman–Crippen LogP) is 0.804. The van der Waals surface area contributed by atoms with Crippen molar-refractivity contribution < 1.29 is 29.6 Å². The highest BCUT2D eigenvalue weighted by molar-refractivity contribution is 5.76. The molecular formula is C20H28O6. The molecule has 0 radical (unpaired) electrons. The van der Waals surface area contributed by atoms with Crippen molar-refractivity contribution in [1.82, 2.24) is 0 Å². The van der Waals surface area contributed by atoms with Crippen molar-refractivity contribution in [2.24, 2.45) is 29.6 Å². The lowest BCUT2D eigenvalue weighted by Gasteiger charge is -2.59. The van der Waals surface area contributed by atoms with Crippen molar-refractivity contribution in [2.45, 2.75) is 57.2 Å². The highest BCUT2D eigenvalue weighted by Crippen LogP contribution is 2.57. The largest absolute Gasteiger partial charge is 0.460 e. The van der Waals surface area contributed by atoms with Crippen LogP contribution in [0.2, 0.25) is 0 Å². The molecule has 0 amide bonds. The fourth-order valence-electron chi connectivity index (χ4n) is 6.07. The Morgan fingerprint density at radius 2 is 2.00 bits per heavy atom. The Kier molecular flexibility index (Phi) is 4.50. The standard InChI is InChI=1S/C20H28O6/c1-4-25-19-13(22)5-8(2)10-7-14-17-11(16(10)19)6-12(21)9(3)15(17)18(23)20(24)26-14/h5,10-19,21-23H,3-4,6-7H2,1-2H3. The van der Waals surface area contributed by atoms with E-state index in [-0.39, 0.29) is 35.9 Å². The second-order valence-corrected chi connectivity index (χ2v) is 8.25. The fraction of sp³-hybridized carbons (Fsp3) is 0.750. The first-order valence-electron chi connectivity index (χ1n) is 9.58. The summed E-state index contributed by atoms with van der Waals surface area (Å²) in [7, 11) is 0. The molecule has 4 rings (SSSR count). The monoisotopic (exact) mass is 364 g/mol. The smallest absolute Gasteiger partial charge is 0.335 e. The van der Waals surface area contributed by atoms with Crippen LogP contribution in [0.3, 0.4) is 0 Å². The first-order valence-corrected chi connectivity index (χ1v) is 9.58. The molecule has 0 aromatic rings. The highest BCUT2D eigenvalue weighted by Gasteiger charge is 2.61. The van der Waals surface area contributed by atoms with Crippen LogP contribution in [0.25, 0.3) is 0 Å². The number of carbonyl (C=O) groups is 1. The van der Waals surface area contributed by atoms with E-state index in [2.05, 4.69) is 6.58 Å². The van der Waals surface area contributed by atoms with Gasteiger partial charge in [0.1, 0.15) is 6.10 Å². The zero-order valence-electron chi connectivity index (χ0n) is 15.2. The van der Waals surface area contributed by atoms with Crippen LogP contribution in [0.5, 0.6) is 0 Å². The third-order valence-electron chi connectivity index (χ3n) is 7.08. The average molecular weight is 364 g/mol. The number of carbonyl (C=O) groups excluding carboxylic acids is 1. The summed E-state index contributed by atoms with van der Waals surface area (Å²) in [6.45, 7) is 8.37. The van der Waals surface area contributed by atoms with Crippen molar-refractivity contribution >= 4 is 5.97 Å². The van der Waals surface area contributed by atoms with Gasteiger partial charge in [0.05, 0.1) is 18.3 Å². The third-order valence-corrected chi connectivity index (χ3v) is 7.08. The van der Waals surface area contributed by atoms with E-state index in [0.717, 1.165) is 5.57 Å². The summed E-state index contributed by atoms with van der Waals surface area (Å²) in [6.07, 6.45) is -0.406. The van der Waals surface area contributed by atoms with E-state index in [4.69, 9.17) is 9.47 Å². The van der Waals surface area contributed by atoms with Crippen LogP contribution in [0.1, 0.15) is 26.7 Å². The second kappa shape index (κ2) is 6.44. The van der Waals surface area contributed by atoms with Crippen LogP contribution < -0.4 is 0 Å². The van der Waals surface area contributed by atoms with E-state index >= 15 is 0 Å². The van der Waals surface area contributed by atoms with Gasteiger partial charge in [-0.1, -0.05) is 18.2 Å². The molecule has 2 saturated carbocycles. The lowest BCUT2D eigenvalue weighted by molar-refractivity contribution is -0.211. The summed E-state index contributed by atoms with van der Waals surface area (Å²) in [5.74, 6) is -1.08. The molecule has 10 atom stereocenters. The van der Waals surface area contributed by atoms with Gasteiger partial charge in [-0.05, 0) is 50.0 Å². The minimum atomic E-state index is -1.28. The molecule has 1 aliphatic heterocycles. The molecule has 4 aliphatic rings. The highest BCUT2D eigenvalue weighted by atomic mass is 16.6. The average Bonchev–Trinajstić information content (AvgIpc) is 2.59. The number of ether oxygens (including phenoxy) is 2. The lowest BCUT2D eigenvalue weighted by atomic mass is 9.50. The molecule has 6 nitrogen and oxygen atoms in total. The Hall–Kier alpha value is -1.21. The Bertz CT molecular complexity index is 642. The van der Waals surface area contributed by atoms with Gasteiger partial charge >= 0.3 is 5.97 Å². The third kappa shape index (κ3) is 2.50. The van der Waals surface area contributed by atoms with Crippen molar-refractivity contribution in [1.29, 1.82) is 0 Å². The molecule has 3 fully saturated rings. The van der Waals surface area contributed by atoms with Crippen LogP contribution in [-0.2, 0) is 14.3 Å². The lowest BCUT2D eigenvalue weighted by Crippen LogP contribution is -2.63. The van der Waals surface area contributed by atoms with Gasteiger partial charge in [-0.15, -0.1) is 0 Å². The maximum Gasteiger partial charge on any atom is 0.335 e. The summed E-state index contributed by atoms with van der Waals surface area (Å²) in [5.41, 5.74) is 1.60. The summed E-state index contributed by atoms with van der Waals surface area (Å²) in [6, 6.07) is 0. The quantitative estimate of drug-likeness (QED) is 0.496. The van der Waals surface area contributed by atoms with Gasteiger partial charge in [-0.2, -0.15) is 0 Å². The molecule has 0 bridgehead atoms. The number of fused-ring (bicyclic) bond motifs is 2. The van der Waals surface area contributed by atoms with Gasteiger partial charge < -0.3 is 24.8 Å². The number of aliphatic hydroxyl groups excluding tert-OH is 3. The van der Waals surface area contributed by atoms with E-state index in [1.807, 2.05) is 19.9 Å². The van der Waals surface area contributed by atoms with Crippen LogP contribution >= 0.6 is 0 Å². The van der Waals surface area contributed by atoms with E-state index < -0.39 is 30.2 Å². The minimum Gasteiger partial charge on any atom is -0.460 e. The molecule has 1 heterocycles. The maximum atomic E-state index is 12.2. The van der Waals surface area contributed by atoms with Crippen LogP contribution in [0.15, 0.2) is 23.8 Å². The van der Waals surface area contributed by atoms with Gasteiger partial charge in [0, 0.05) is 18.4 Å². The zero-order chi connectivity index (χ0) is 18.7. The van der Waals surface area contributed by atoms with Crippen LogP contribution in [0.4, 0.5) is 0 Å². The van der Waals surface area contributed by atoms with Crippen molar-refractivity contribution in [3.05, 3.63) is 23.8 Å². The maximum absolute atomic E-state index is 12.2. The van der Waals surface area contributed by atoms with Gasteiger partial charge in [0.2, 0.25) is 0 Å². The Labute approximate surface area is 153 Å². The number of esters is 1. The molecule has 26 heavy (non-hydrogen) atoms. The summed E-state index contributed by atoms with van der Waals surface area (Å²) >= 11 is 0. The molecule has 3 aliphatic carbocycles. The number of aliphatic hydroxyl groups is 3. The molecule has 3 N–H and O–H groups in total. The van der Waals surface area contributed by atoms with Gasteiger partial charge in [-0.3, -0.25) is 0 Å². The second-order valence-electron chi connectivity index (χ2n) is 8.25. The predicted molar refractivity (Wildman–Crippen MR) is 92.9 cm³/mol. The topological polar surface area (TPSA) is 96.2 Å². The fourth-order valence-corrected chi connectivity index (χ4v) is 6.07. The molecule has 10 unspecified atom stereocenters. The Morgan fingerprint density at radius 1 is 1.27 bits per heavy atom. The molecule has 1 saturated heterocycles. The van der Waals surface area contributed by atoms with E-state index in [1.54, 1.807) is 0 Å². The van der Waals surface area contributed by atoms with Gasteiger partial charge in [0.25, 0.3) is 0 Å². The number of hydrogen-bond acceptors (Lipinski definition) is 6. The van der Waals surface area contributed by atoms with Crippen molar-refractivity contribution in [2.75, 3.05) is 6.61 Å². The zero-order valence-corrected chi connectivity index (χ0v) is 15.2. The first kappa shape index (κ1) is 18.2. The molecule has 0 aromatic heterocycles. The molecule has 0 spiro atoms. The first-order chi connectivity index (χ1) is 12.3. The number of allylic oxidation sites excluding steroid dienone is 1. The van der Waals surface area contributed by atoms with Crippen LogP contribution in [-0.4, -0.2) is 58.4 Å². The van der Waals surface area contributed by atoms with Gasteiger partial charge in [-0.25, -0.2) is 4.79 Å². The van der Waals surface area contributed by atoms with Crippen molar-refractivity contribution in [3.8, 4) is 0 Å². The molecule has 0 aromatic carbocycles. The summed E-state index contributed by atoms with van der Waals surface area (Å²) < 4.78 is 11.5. The normalized spacial score (nSPS) is 50.4. The Morgan fingerprint density at radius 3 is 2.69 bits per heavy atom. The van der Waals surface area contributed by atoms with Crippen molar-refractivity contribution in [3.63, 3.8) is 0 Å².